The maximum atomic E-state index is 12.8. The SMILES string of the molecule is CC(=O)N1CCCCC1C(=O)Nc1ccc(N(CCO)Cc2ccc(C(F)(F)F)cc2)c(Cl)c1. The van der Waals surface area contributed by atoms with Gasteiger partial charge in [-0.25, -0.2) is 0 Å². The van der Waals surface area contributed by atoms with Gasteiger partial charge in [-0.15, -0.1) is 0 Å². The Labute approximate surface area is 201 Å². The number of nitrogens with zero attached hydrogens (tertiary/aromatic N) is 2. The number of alkyl halides is 3. The van der Waals surface area contributed by atoms with Gasteiger partial charge in [-0.2, -0.15) is 13.2 Å². The molecule has 0 aliphatic carbocycles. The number of hydrogen-bond donors (Lipinski definition) is 2. The molecule has 6 nitrogen and oxygen atoms in total. The lowest BCUT2D eigenvalue weighted by molar-refractivity contribution is -0.138. The summed E-state index contributed by atoms with van der Waals surface area (Å²) >= 11 is 6.47. The van der Waals surface area contributed by atoms with Crippen molar-refractivity contribution >= 4 is 34.8 Å². The fraction of sp³-hybridized carbons (Fsp3) is 0.417. The van der Waals surface area contributed by atoms with Crippen LogP contribution >= 0.6 is 11.6 Å². The second-order valence-electron chi connectivity index (χ2n) is 8.22. The molecule has 184 valence electrons. The molecule has 0 spiro atoms. The van der Waals surface area contributed by atoms with Crippen LogP contribution in [0.5, 0.6) is 0 Å². The Morgan fingerprint density at radius 3 is 2.47 bits per heavy atom. The molecule has 1 fully saturated rings. The third kappa shape index (κ3) is 6.42. The highest BCUT2D eigenvalue weighted by Crippen LogP contribution is 2.32. The van der Waals surface area contributed by atoms with Crippen LogP contribution in [0.1, 0.15) is 37.3 Å². The molecule has 34 heavy (non-hydrogen) atoms. The number of anilines is 2. The minimum Gasteiger partial charge on any atom is -0.395 e. The van der Waals surface area contributed by atoms with Gasteiger partial charge < -0.3 is 20.2 Å². The van der Waals surface area contributed by atoms with Crippen molar-refractivity contribution in [1.29, 1.82) is 0 Å². The minimum atomic E-state index is -4.41. The summed E-state index contributed by atoms with van der Waals surface area (Å²) in [5.41, 5.74) is 0.920. The van der Waals surface area contributed by atoms with Gasteiger partial charge in [0, 0.05) is 32.2 Å². The zero-order valence-corrected chi connectivity index (χ0v) is 19.5. The number of aliphatic hydroxyl groups excluding tert-OH is 1. The summed E-state index contributed by atoms with van der Waals surface area (Å²) in [6.45, 7) is 2.26. The van der Waals surface area contributed by atoms with Gasteiger partial charge in [0.2, 0.25) is 11.8 Å². The van der Waals surface area contributed by atoms with E-state index in [1.54, 1.807) is 28.0 Å². The molecule has 0 aromatic heterocycles. The third-order valence-corrected chi connectivity index (χ3v) is 6.09. The summed E-state index contributed by atoms with van der Waals surface area (Å²) in [5, 5.41) is 12.6. The van der Waals surface area contributed by atoms with Gasteiger partial charge in [-0.05, 0) is 55.2 Å². The molecule has 2 aromatic carbocycles. The van der Waals surface area contributed by atoms with Crippen LogP contribution in [0, 0.1) is 0 Å². The van der Waals surface area contributed by atoms with Crippen LogP contribution in [-0.2, 0) is 22.3 Å². The van der Waals surface area contributed by atoms with Crippen molar-refractivity contribution in [2.45, 2.75) is 44.9 Å². The topological polar surface area (TPSA) is 72.9 Å². The molecule has 1 saturated heterocycles. The monoisotopic (exact) mass is 497 g/mol. The van der Waals surface area contributed by atoms with Crippen LogP contribution in [0.25, 0.3) is 0 Å². The molecular weight excluding hydrogens is 471 g/mol. The summed E-state index contributed by atoms with van der Waals surface area (Å²) in [6, 6.07) is 9.20. The van der Waals surface area contributed by atoms with Crippen molar-refractivity contribution in [3.63, 3.8) is 0 Å². The van der Waals surface area contributed by atoms with Crippen molar-refractivity contribution in [2.75, 3.05) is 29.9 Å². The molecule has 3 rings (SSSR count). The minimum absolute atomic E-state index is 0.142. The quantitative estimate of drug-likeness (QED) is 0.582. The Kier molecular flexibility index (Phi) is 8.43. The molecule has 2 aromatic rings. The predicted molar refractivity (Wildman–Crippen MR) is 125 cm³/mol. The number of rotatable bonds is 7. The second kappa shape index (κ2) is 11.1. The number of hydrogen-bond acceptors (Lipinski definition) is 4. The van der Waals surface area contributed by atoms with Crippen LogP contribution in [-0.4, -0.2) is 47.6 Å². The van der Waals surface area contributed by atoms with Gasteiger partial charge in [0.05, 0.1) is 22.9 Å². The molecule has 1 aliphatic heterocycles. The third-order valence-electron chi connectivity index (χ3n) is 5.79. The van der Waals surface area contributed by atoms with Crippen molar-refractivity contribution < 1.29 is 27.9 Å². The van der Waals surface area contributed by atoms with Crippen molar-refractivity contribution in [1.82, 2.24) is 4.90 Å². The van der Waals surface area contributed by atoms with E-state index in [9.17, 15) is 27.9 Å². The molecule has 10 heteroatoms. The highest BCUT2D eigenvalue weighted by atomic mass is 35.5. The summed E-state index contributed by atoms with van der Waals surface area (Å²) in [4.78, 5) is 28.0. The van der Waals surface area contributed by atoms with E-state index < -0.39 is 17.8 Å². The number of carbonyl (C=O) groups excluding carboxylic acids is 2. The van der Waals surface area contributed by atoms with Gasteiger partial charge >= 0.3 is 6.18 Å². The van der Waals surface area contributed by atoms with Crippen LogP contribution in [0.15, 0.2) is 42.5 Å². The van der Waals surface area contributed by atoms with Crippen LogP contribution in [0.3, 0.4) is 0 Å². The number of likely N-dealkylation sites (tertiary alicyclic amines) is 1. The lowest BCUT2D eigenvalue weighted by Gasteiger charge is -2.34. The van der Waals surface area contributed by atoms with E-state index >= 15 is 0 Å². The number of aliphatic hydroxyl groups is 1. The molecule has 0 bridgehead atoms. The molecule has 2 amide bonds. The molecule has 1 aliphatic rings. The molecule has 1 atom stereocenters. The fourth-order valence-electron chi connectivity index (χ4n) is 4.07. The second-order valence-corrected chi connectivity index (χ2v) is 8.63. The summed E-state index contributed by atoms with van der Waals surface area (Å²) in [6.07, 6.45) is -2.09. The Balaban J connectivity index is 1.73. The number of halogens is 4. The largest absolute Gasteiger partial charge is 0.416 e. The Hall–Kier alpha value is -2.78. The van der Waals surface area contributed by atoms with Gasteiger partial charge in [0.25, 0.3) is 0 Å². The summed E-state index contributed by atoms with van der Waals surface area (Å²) in [5.74, 6) is -0.424. The number of carbonyl (C=O) groups is 2. The Morgan fingerprint density at radius 1 is 1.18 bits per heavy atom. The van der Waals surface area contributed by atoms with E-state index in [2.05, 4.69) is 5.32 Å². The summed E-state index contributed by atoms with van der Waals surface area (Å²) < 4.78 is 38.5. The first-order valence-corrected chi connectivity index (χ1v) is 11.4. The van der Waals surface area contributed by atoms with Crippen LogP contribution in [0.2, 0.25) is 5.02 Å². The fourth-order valence-corrected chi connectivity index (χ4v) is 4.37. The lowest BCUT2D eigenvalue weighted by Crippen LogP contribution is -2.49. The first-order valence-electron chi connectivity index (χ1n) is 11.0. The van der Waals surface area contributed by atoms with Gasteiger partial charge in [-0.3, -0.25) is 9.59 Å². The molecular formula is C24H27ClF3N3O3. The van der Waals surface area contributed by atoms with E-state index in [0.717, 1.165) is 25.0 Å². The van der Waals surface area contributed by atoms with Crippen LogP contribution < -0.4 is 10.2 Å². The van der Waals surface area contributed by atoms with Gasteiger partial charge in [0.15, 0.2) is 0 Å². The standard InChI is InChI=1S/C24H27ClF3N3O3/c1-16(33)31-11-3-2-4-22(31)23(34)29-19-9-10-21(20(25)14-19)30(12-13-32)15-17-5-7-18(8-6-17)24(26,27)28/h5-10,14,22,32H,2-4,11-13,15H2,1H3,(H,29,34). The highest BCUT2D eigenvalue weighted by Gasteiger charge is 2.31. The molecule has 0 radical (unpaired) electrons. The highest BCUT2D eigenvalue weighted by molar-refractivity contribution is 6.33. The maximum absolute atomic E-state index is 12.8. The van der Waals surface area contributed by atoms with E-state index in [1.807, 2.05) is 0 Å². The van der Waals surface area contributed by atoms with Crippen molar-refractivity contribution in [3.8, 4) is 0 Å². The van der Waals surface area contributed by atoms with Crippen molar-refractivity contribution in [2.24, 2.45) is 0 Å². The lowest BCUT2D eigenvalue weighted by atomic mass is 10.0. The molecule has 2 N–H and O–H groups in total. The zero-order chi connectivity index (χ0) is 24.9. The number of nitrogens with one attached hydrogen (secondary N) is 1. The van der Waals surface area contributed by atoms with E-state index in [0.29, 0.717) is 34.9 Å². The summed E-state index contributed by atoms with van der Waals surface area (Å²) in [7, 11) is 0. The predicted octanol–water partition coefficient (Wildman–Crippen LogP) is 4.70. The average Bonchev–Trinajstić information content (AvgIpc) is 2.78. The molecule has 1 heterocycles. The normalized spacial score (nSPS) is 16.3. The van der Waals surface area contributed by atoms with E-state index in [4.69, 9.17) is 11.6 Å². The van der Waals surface area contributed by atoms with Crippen LogP contribution in [0.4, 0.5) is 24.5 Å². The number of piperidine rings is 1. The number of benzene rings is 2. The average molecular weight is 498 g/mol. The van der Waals surface area contributed by atoms with E-state index in [-0.39, 0.29) is 31.5 Å². The Morgan fingerprint density at radius 2 is 1.88 bits per heavy atom. The molecule has 0 saturated carbocycles. The smallest absolute Gasteiger partial charge is 0.395 e. The van der Waals surface area contributed by atoms with E-state index in [1.165, 1.54) is 19.1 Å². The first kappa shape index (κ1) is 25.8. The van der Waals surface area contributed by atoms with Gasteiger partial charge in [0.1, 0.15) is 6.04 Å². The maximum Gasteiger partial charge on any atom is 0.416 e. The first-order chi connectivity index (χ1) is 16.1. The van der Waals surface area contributed by atoms with Gasteiger partial charge in [-0.1, -0.05) is 23.7 Å². The Bertz CT molecular complexity index is 1010. The van der Waals surface area contributed by atoms with Crippen molar-refractivity contribution in [3.05, 3.63) is 58.6 Å². The molecule has 1 unspecified atom stereocenters. The zero-order valence-electron chi connectivity index (χ0n) is 18.7. The number of amides is 2.